The van der Waals surface area contributed by atoms with Gasteiger partial charge in [0.25, 0.3) is 5.92 Å². The van der Waals surface area contributed by atoms with Crippen molar-refractivity contribution >= 4 is 0 Å². The van der Waals surface area contributed by atoms with Gasteiger partial charge in [-0.25, -0.2) is 8.78 Å². The van der Waals surface area contributed by atoms with E-state index in [-0.39, 0.29) is 19.0 Å². The fourth-order valence-electron chi connectivity index (χ4n) is 1.47. The van der Waals surface area contributed by atoms with Crippen molar-refractivity contribution in [1.29, 1.82) is 0 Å². The van der Waals surface area contributed by atoms with Crippen LogP contribution in [0.2, 0.25) is 0 Å². The number of alkyl halides is 2. The maximum Gasteiger partial charge on any atom is 0.260 e. The lowest BCUT2D eigenvalue weighted by Gasteiger charge is -2.36. The highest BCUT2D eigenvalue weighted by Crippen LogP contribution is 2.28. The first kappa shape index (κ1) is 8.87. The van der Waals surface area contributed by atoms with Gasteiger partial charge in [0.2, 0.25) is 0 Å². The Hall–Kier alpha value is -0.220. The number of likely N-dealkylation sites (tertiary alicyclic amines) is 1. The predicted molar refractivity (Wildman–Crippen MR) is 39.7 cm³/mol. The second-order valence-electron chi connectivity index (χ2n) is 3.20. The fraction of sp³-hybridized carbons (Fsp3) is 1.00. The van der Waals surface area contributed by atoms with Crippen LogP contribution < -0.4 is 5.73 Å². The number of hydrogen-bond donors (Lipinski definition) is 1. The summed E-state index contributed by atoms with van der Waals surface area (Å²) in [5.74, 6) is -2.50. The maximum absolute atomic E-state index is 12.7. The van der Waals surface area contributed by atoms with Gasteiger partial charge in [0, 0.05) is 19.0 Å². The molecule has 1 rings (SSSR count). The summed E-state index contributed by atoms with van der Waals surface area (Å²) in [5, 5.41) is 0. The topological polar surface area (TPSA) is 29.3 Å². The van der Waals surface area contributed by atoms with Crippen molar-refractivity contribution in [2.45, 2.75) is 24.8 Å². The minimum absolute atomic E-state index is 0.0147. The second-order valence-corrected chi connectivity index (χ2v) is 3.20. The lowest BCUT2D eigenvalue weighted by molar-refractivity contribution is -0.0731. The largest absolute Gasteiger partial charge is 0.329 e. The Morgan fingerprint density at radius 3 is 2.73 bits per heavy atom. The van der Waals surface area contributed by atoms with Gasteiger partial charge < -0.3 is 5.73 Å². The molecule has 4 heteroatoms. The molecule has 0 bridgehead atoms. The molecule has 0 spiro atoms. The molecule has 2 nitrogen and oxygen atoms in total. The Labute approximate surface area is 65.4 Å². The zero-order valence-corrected chi connectivity index (χ0v) is 6.69. The molecule has 0 aliphatic carbocycles. The third kappa shape index (κ3) is 2.10. The number of rotatable bonds is 1. The van der Waals surface area contributed by atoms with Gasteiger partial charge in [0.1, 0.15) is 0 Å². The number of halogens is 2. The number of nitrogens with two attached hydrogens (primary N) is 1. The standard InChI is InChI=1S/C7H14F2N2/c1-11-5-7(8,9)3-2-6(11)4-10/h6H,2-5,10H2,1H3/t6-/m1/s1. The molecular formula is C7H14F2N2. The van der Waals surface area contributed by atoms with Gasteiger partial charge in [-0.2, -0.15) is 0 Å². The van der Waals surface area contributed by atoms with Crippen molar-refractivity contribution in [2.24, 2.45) is 5.73 Å². The van der Waals surface area contributed by atoms with Gasteiger partial charge >= 0.3 is 0 Å². The third-order valence-corrected chi connectivity index (χ3v) is 2.22. The lowest BCUT2D eigenvalue weighted by atomic mass is 10.0. The van der Waals surface area contributed by atoms with Crippen molar-refractivity contribution in [3.8, 4) is 0 Å². The van der Waals surface area contributed by atoms with Gasteiger partial charge in [-0.05, 0) is 13.5 Å². The molecule has 0 amide bonds. The van der Waals surface area contributed by atoms with E-state index in [1.165, 1.54) is 0 Å². The Morgan fingerprint density at radius 1 is 1.64 bits per heavy atom. The first-order chi connectivity index (χ1) is 5.05. The first-order valence-corrected chi connectivity index (χ1v) is 3.83. The van der Waals surface area contributed by atoms with Crippen LogP contribution in [0.5, 0.6) is 0 Å². The van der Waals surface area contributed by atoms with Crippen molar-refractivity contribution in [1.82, 2.24) is 4.90 Å². The molecular weight excluding hydrogens is 150 g/mol. The van der Waals surface area contributed by atoms with E-state index >= 15 is 0 Å². The van der Waals surface area contributed by atoms with E-state index in [4.69, 9.17) is 5.73 Å². The van der Waals surface area contributed by atoms with E-state index in [0.29, 0.717) is 13.0 Å². The van der Waals surface area contributed by atoms with Crippen LogP contribution >= 0.6 is 0 Å². The minimum atomic E-state index is -2.50. The molecule has 2 N–H and O–H groups in total. The molecule has 0 radical (unpaired) electrons. The van der Waals surface area contributed by atoms with E-state index in [9.17, 15) is 8.78 Å². The zero-order valence-electron chi connectivity index (χ0n) is 6.69. The molecule has 0 aromatic heterocycles. The number of likely N-dealkylation sites (N-methyl/N-ethyl adjacent to an activating group) is 1. The van der Waals surface area contributed by atoms with Crippen LogP contribution in [0.4, 0.5) is 8.78 Å². The molecule has 1 atom stereocenters. The third-order valence-electron chi connectivity index (χ3n) is 2.22. The fourth-order valence-corrected chi connectivity index (χ4v) is 1.47. The van der Waals surface area contributed by atoms with Crippen LogP contribution in [0.1, 0.15) is 12.8 Å². The summed E-state index contributed by atoms with van der Waals surface area (Å²) in [6.07, 6.45) is 0.499. The normalized spacial score (nSPS) is 32.2. The summed E-state index contributed by atoms with van der Waals surface area (Å²) in [4.78, 5) is 1.64. The molecule has 11 heavy (non-hydrogen) atoms. The van der Waals surface area contributed by atoms with Crippen molar-refractivity contribution in [3.05, 3.63) is 0 Å². The number of piperidine rings is 1. The summed E-state index contributed by atoms with van der Waals surface area (Å²) >= 11 is 0. The van der Waals surface area contributed by atoms with Crippen LogP contribution in [0, 0.1) is 0 Å². The Bertz CT molecular complexity index is 138. The number of hydrogen-bond acceptors (Lipinski definition) is 2. The smallest absolute Gasteiger partial charge is 0.260 e. The average molecular weight is 164 g/mol. The Morgan fingerprint density at radius 2 is 2.27 bits per heavy atom. The average Bonchev–Trinajstić information content (AvgIpc) is 1.86. The highest BCUT2D eigenvalue weighted by molar-refractivity contribution is 4.84. The molecule has 0 aromatic carbocycles. The van der Waals surface area contributed by atoms with Crippen LogP contribution in [0.25, 0.3) is 0 Å². The van der Waals surface area contributed by atoms with E-state index < -0.39 is 5.92 Å². The van der Waals surface area contributed by atoms with Gasteiger partial charge in [-0.3, -0.25) is 4.90 Å². The van der Waals surface area contributed by atoms with Gasteiger partial charge in [0.15, 0.2) is 0 Å². The maximum atomic E-state index is 12.7. The molecule has 66 valence electrons. The highest BCUT2D eigenvalue weighted by Gasteiger charge is 2.37. The predicted octanol–water partition coefficient (Wildman–Crippen LogP) is 0.675. The molecule has 1 heterocycles. The Balaban J connectivity index is 2.48. The van der Waals surface area contributed by atoms with Crippen LogP contribution in [0.15, 0.2) is 0 Å². The lowest BCUT2D eigenvalue weighted by Crippen LogP contribution is -2.49. The van der Waals surface area contributed by atoms with Crippen molar-refractivity contribution < 1.29 is 8.78 Å². The number of nitrogens with zero attached hydrogens (tertiary/aromatic N) is 1. The molecule has 1 aliphatic rings. The molecule has 0 aromatic rings. The van der Waals surface area contributed by atoms with Crippen molar-refractivity contribution in [3.63, 3.8) is 0 Å². The summed E-state index contributed by atoms with van der Waals surface area (Å²) in [5.41, 5.74) is 5.40. The van der Waals surface area contributed by atoms with E-state index in [1.807, 2.05) is 0 Å². The Kier molecular flexibility index (Phi) is 2.44. The van der Waals surface area contributed by atoms with Crippen LogP contribution in [-0.4, -0.2) is 37.0 Å². The summed E-state index contributed by atoms with van der Waals surface area (Å²) in [6.45, 7) is 0.335. The highest BCUT2D eigenvalue weighted by atomic mass is 19.3. The summed E-state index contributed by atoms with van der Waals surface area (Å²) < 4.78 is 25.4. The SMILES string of the molecule is CN1CC(F)(F)CC[C@@H]1CN. The van der Waals surface area contributed by atoms with Gasteiger partial charge in [-0.15, -0.1) is 0 Å². The zero-order chi connectivity index (χ0) is 8.48. The molecule has 0 unspecified atom stereocenters. The summed E-state index contributed by atoms with van der Waals surface area (Å²) in [7, 11) is 1.70. The minimum Gasteiger partial charge on any atom is -0.329 e. The quantitative estimate of drug-likeness (QED) is 0.617. The van der Waals surface area contributed by atoms with Crippen molar-refractivity contribution in [2.75, 3.05) is 20.1 Å². The van der Waals surface area contributed by atoms with Crippen LogP contribution in [0.3, 0.4) is 0 Å². The van der Waals surface area contributed by atoms with E-state index in [1.54, 1.807) is 11.9 Å². The van der Waals surface area contributed by atoms with Gasteiger partial charge in [0.05, 0.1) is 6.54 Å². The molecule has 1 saturated heterocycles. The summed E-state index contributed by atoms with van der Waals surface area (Å²) in [6, 6.07) is 0.148. The first-order valence-electron chi connectivity index (χ1n) is 3.83. The second kappa shape index (κ2) is 3.03. The molecule has 1 fully saturated rings. The van der Waals surface area contributed by atoms with Crippen LogP contribution in [-0.2, 0) is 0 Å². The van der Waals surface area contributed by atoms with E-state index in [0.717, 1.165) is 0 Å². The van der Waals surface area contributed by atoms with Gasteiger partial charge in [-0.1, -0.05) is 0 Å². The monoisotopic (exact) mass is 164 g/mol. The molecule has 1 aliphatic heterocycles. The molecule has 0 saturated carbocycles. The van der Waals surface area contributed by atoms with E-state index in [2.05, 4.69) is 0 Å².